The van der Waals surface area contributed by atoms with E-state index in [4.69, 9.17) is 0 Å². The average molecular weight is 165 g/mol. The highest BCUT2D eigenvalue weighted by Crippen LogP contribution is 1.97. The van der Waals surface area contributed by atoms with Gasteiger partial charge in [-0.3, -0.25) is 4.79 Å². The van der Waals surface area contributed by atoms with Gasteiger partial charge in [0.15, 0.2) is 5.52 Å². The molecule has 0 unspecified atom stereocenters. The third-order valence-electron chi connectivity index (χ3n) is 1.48. The number of aromatic amines is 1. The predicted octanol–water partition coefficient (Wildman–Crippen LogP) is -0.640. The van der Waals surface area contributed by atoms with E-state index in [1.54, 1.807) is 14.0 Å². The Balaban J connectivity index is 2.98. The van der Waals surface area contributed by atoms with Crippen LogP contribution in [0.1, 0.15) is 5.82 Å². The Hall–Kier alpha value is -1.72. The van der Waals surface area contributed by atoms with Gasteiger partial charge in [0.25, 0.3) is 5.56 Å². The lowest BCUT2D eigenvalue weighted by Gasteiger charge is -1.87. The number of hydrogen-bond donors (Lipinski definition) is 1. The molecule has 62 valence electrons. The number of aryl methyl sites for hydroxylation is 2. The zero-order valence-electron chi connectivity index (χ0n) is 6.70. The van der Waals surface area contributed by atoms with E-state index in [0.29, 0.717) is 11.5 Å². The molecule has 0 radical (unpaired) electrons. The van der Waals surface area contributed by atoms with Crippen LogP contribution in [0, 0.1) is 6.92 Å². The molecule has 2 aromatic rings. The number of H-pyrrole nitrogens is 1. The maximum Gasteiger partial charge on any atom is 0.281 e. The quantitative estimate of drug-likeness (QED) is 0.563. The van der Waals surface area contributed by atoms with Crippen LogP contribution in [0.25, 0.3) is 11.2 Å². The number of rotatable bonds is 0. The molecule has 6 heteroatoms. The molecule has 2 heterocycles. The molecule has 0 aliphatic heterocycles. The molecule has 0 saturated heterocycles. The molecule has 0 atom stereocenters. The molecular formula is C6H7N5O. The molecule has 0 aromatic carbocycles. The summed E-state index contributed by atoms with van der Waals surface area (Å²) in [6.45, 7) is 1.70. The highest BCUT2D eigenvalue weighted by atomic mass is 16.1. The molecule has 0 bridgehead atoms. The smallest absolute Gasteiger partial charge is 0.281 e. The summed E-state index contributed by atoms with van der Waals surface area (Å²) in [7, 11) is 1.65. The first kappa shape index (κ1) is 6.96. The summed E-state index contributed by atoms with van der Waals surface area (Å²) in [5.41, 5.74) is 0.424. The molecule has 2 aromatic heterocycles. The van der Waals surface area contributed by atoms with Crippen LogP contribution in [0.4, 0.5) is 0 Å². The Morgan fingerprint density at radius 2 is 2.17 bits per heavy atom. The Labute approximate surface area is 67.2 Å². The minimum absolute atomic E-state index is 0.245. The third-order valence-corrected chi connectivity index (χ3v) is 1.48. The van der Waals surface area contributed by atoms with Gasteiger partial charge in [0.1, 0.15) is 5.82 Å². The number of fused-ring (bicyclic) bond motifs is 1. The minimum atomic E-state index is -0.245. The van der Waals surface area contributed by atoms with Crippen molar-refractivity contribution in [1.29, 1.82) is 0 Å². The van der Waals surface area contributed by atoms with Crippen molar-refractivity contribution in [3.05, 3.63) is 16.2 Å². The number of aromatic nitrogens is 5. The first-order valence-corrected chi connectivity index (χ1v) is 3.45. The summed E-state index contributed by atoms with van der Waals surface area (Å²) in [4.78, 5) is 19.1. The van der Waals surface area contributed by atoms with Crippen LogP contribution in [0.15, 0.2) is 4.79 Å². The SMILES string of the molecule is Cc1nc2nn(C)nc2c(=O)[nH]1. The van der Waals surface area contributed by atoms with Gasteiger partial charge in [-0.1, -0.05) is 0 Å². The van der Waals surface area contributed by atoms with Gasteiger partial charge in [-0.2, -0.15) is 4.80 Å². The van der Waals surface area contributed by atoms with Crippen LogP contribution in [-0.2, 0) is 7.05 Å². The fourth-order valence-electron chi connectivity index (χ4n) is 1.03. The summed E-state index contributed by atoms with van der Waals surface area (Å²) in [6.07, 6.45) is 0. The molecule has 2 rings (SSSR count). The molecule has 1 N–H and O–H groups in total. The van der Waals surface area contributed by atoms with Gasteiger partial charge in [-0.25, -0.2) is 4.98 Å². The first-order valence-electron chi connectivity index (χ1n) is 3.45. The Morgan fingerprint density at radius 3 is 2.92 bits per heavy atom. The van der Waals surface area contributed by atoms with E-state index in [2.05, 4.69) is 20.2 Å². The molecule has 0 aliphatic rings. The predicted molar refractivity (Wildman–Crippen MR) is 41.7 cm³/mol. The van der Waals surface area contributed by atoms with Gasteiger partial charge in [0, 0.05) is 7.05 Å². The number of nitrogens with one attached hydrogen (secondary N) is 1. The second-order valence-corrected chi connectivity index (χ2v) is 2.51. The monoisotopic (exact) mass is 165 g/mol. The molecule has 12 heavy (non-hydrogen) atoms. The topological polar surface area (TPSA) is 76.5 Å². The lowest BCUT2D eigenvalue weighted by atomic mass is 10.5. The van der Waals surface area contributed by atoms with Crippen LogP contribution in [0.5, 0.6) is 0 Å². The van der Waals surface area contributed by atoms with Crippen molar-refractivity contribution in [2.75, 3.05) is 0 Å². The summed E-state index contributed by atoms with van der Waals surface area (Å²) < 4.78 is 0. The molecule has 6 nitrogen and oxygen atoms in total. The van der Waals surface area contributed by atoms with Gasteiger partial charge >= 0.3 is 0 Å². The molecule has 0 saturated carbocycles. The van der Waals surface area contributed by atoms with Gasteiger partial charge in [-0.15, -0.1) is 10.2 Å². The van der Waals surface area contributed by atoms with Gasteiger partial charge in [0.2, 0.25) is 5.65 Å². The van der Waals surface area contributed by atoms with Crippen molar-refractivity contribution in [3.63, 3.8) is 0 Å². The maximum atomic E-state index is 11.2. The number of nitrogens with zero attached hydrogens (tertiary/aromatic N) is 4. The van der Waals surface area contributed by atoms with Crippen molar-refractivity contribution in [2.24, 2.45) is 7.05 Å². The van der Waals surface area contributed by atoms with Gasteiger partial charge in [0.05, 0.1) is 0 Å². The van der Waals surface area contributed by atoms with Gasteiger partial charge < -0.3 is 4.98 Å². The van der Waals surface area contributed by atoms with Crippen LogP contribution in [0.2, 0.25) is 0 Å². The summed E-state index contributed by atoms with van der Waals surface area (Å²) in [5, 5.41) is 7.76. The van der Waals surface area contributed by atoms with E-state index in [-0.39, 0.29) is 11.1 Å². The summed E-state index contributed by atoms with van der Waals surface area (Å²) >= 11 is 0. The van der Waals surface area contributed by atoms with E-state index in [0.717, 1.165) is 0 Å². The van der Waals surface area contributed by atoms with Gasteiger partial charge in [-0.05, 0) is 6.92 Å². The molecule has 0 fully saturated rings. The van der Waals surface area contributed by atoms with Crippen LogP contribution in [0.3, 0.4) is 0 Å². The second kappa shape index (κ2) is 2.13. The summed E-state index contributed by atoms with van der Waals surface area (Å²) in [5.74, 6) is 0.549. The second-order valence-electron chi connectivity index (χ2n) is 2.51. The zero-order chi connectivity index (χ0) is 8.72. The largest absolute Gasteiger partial charge is 0.309 e. The van der Waals surface area contributed by atoms with Crippen molar-refractivity contribution >= 4 is 11.2 Å². The highest BCUT2D eigenvalue weighted by molar-refractivity contribution is 5.66. The molecule has 0 amide bonds. The summed E-state index contributed by atoms with van der Waals surface area (Å²) in [6, 6.07) is 0. The molecule has 0 aliphatic carbocycles. The zero-order valence-corrected chi connectivity index (χ0v) is 6.70. The fourth-order valence-corrected chi connectivity index (χ4v) is 1.03. The van der Waals surface area contributed by atoms with Crippen molar-refractivity contribution in [2.45, 2.75) is 6.92 Å². The lowest BCUT2D eigenvalue weighted by molar-refractivity contribution is 0.663. The van der Waals surface area contributed by atoms with E-state index in [1.807, 2.05) is 0 Å². The third kappa shape index (κ3) is 0.884. The van der Waals surface area contributed by atoms with Crippen molar-refractivity contribution in [1.82, 2.24) is 25.0 Å². The normalized spacial score (nSPS) is 10.8. The van der Waals surface area contributed by atoms with Crippen molar-refractivity contribution in [3.8, 4) is 0 Å². The fraction of sp³-hybridized carbons (Fsp3) is 0.333. The lowest BCUT2D eigenvalue weighted by Crippen LogP contribution is -2.09. The Kier molecular flexibility index (Phi) is 1.24. The molecule has 0 spiro atoms. The van der Waals surface area contributed by atoms with E-state index in [1.165, 1.54) is 4.80 Å². The van der Waals surface area contributed by atoms with Crippen LogP contribution >= 0.6 is 0 Å². The maximum absolute atomic E-state index is 11.2. The average Bonchev–Trinajstić information content (AvgIpc) is 2.29. The van der Waals surface area contributed by atoms with E-state index < -0.39 is 0 Å². The first-order chi connectivity index (χ1) is 5.66. The minimum Gasteiger partial charge on any atom is -0.309 e. The van der Waals surface area contributed by atoms with Crippen molar-refractivity contribution < 1.29 is 0 Å². The van der Waals surface area contributed by atoms with E-state index in [9.17, 15) is 4.79 Å². The Morgan fingerprint density at radius 1 is 1.42 bits per heavy atom. The standard InChI is InChI=1S/C6H7N5O/c1-3-7-5-4(6(12)8-3)9-11(2)10-5/h1-2H3,(H,7,8,10,12). The molecular weight excluding hydrogens is 158 g/mol. The highest BCUT2D eigenvalue weighted by Gasteiger charge is 2.05. The number of hydrogen-bond acceptors (Lipinski definition) is 4. The van der Waals surface area contributed by atoms with E-state index >= 15 is 0 Å². The van der Waals surface area contributed by atoms with Crippen LogP contribution < -0.4 is 5.56 Å². The Bertz CT molecular complexity index is 482. The van der Waals surface area contributed by atoms with Crippen LogP contribution in [-0.4, -0.2) is 25.0 Å².